The minimum absolute atomic E-state index is 0.146. The van der Waals surface area contributed by atoms with Gasteiger partial charge in [0.15, 0.2) is 0 Å². The zero-order valence-electron chi connectivity index (χ0n) is 8.94. The van der Waals surface area contributed by atoms with Crippen LogP contribution >= 0.6 is 0 Å². The van der Waals surface area contributed by atoms with Crippen LogP contribution in [0, 0.1) is 0 Å². The van der Waals surface area contributed by atoms with Crippen molar-refractivity contribution >= 4 is 5.97 Å². The van der Waals surface area contributed by atoms with Gasteiger partial charge in [-0.05, 0) is 6.42 Å². The van der Waals surface area contributed by atoms with E-state index < -0.39 is 5.97 Å². The van der Waals surface area contributed by atoms with E-state index in [0.717, 1.165) is 18.7 Å². The third kappa shape index (κ3) is 4.06. The summed E-state index contributed by atoms with van der Waals surface area (Å²) in [4.78, 5) is 18.5. The number of carboxylic acid groups (broad SMARTS) is 1. The molecule has 0 spiro atoms. The van der Waals surface area contributed by atoms with Gasteiger partial charge in [-0.25, -0.2) is 14.8 Å². The molecule has 4 nitrogen and oxygen atoms in total. The van der Waals surface area contributed by atoms with Crippen LogP contribution in [0.15, 0.2) is 12.4 Å². The average molecular weight is 208 g/mol. The molecule has 0 unspecified atom stereocenters. The number of hydrogen-bond acceptors (Lipinski definition) is 3. The highest BCUT2D eigenvalue weighted by Gasteiger charge is 2.03. The maximum absolute atomic E-state index is 10.5. The lowest BCUT2D eigenvalue weighted by Gasteiger charge is -1.99. The van der Waals surface area contributed by atoms with Gasteiger partial charge < -0.3 is 5.11 Å². The van der Waals surface area contributed by atoms with Gasteiger partial charge in [0.1, 0.15) is 5.82 Å². The number of hydrogen-bond donors (Lipinski definition) is 1. The third-order valence-corrected chi connectivity index (χ3v) is 2.21. The third-order valence-electron chi connectivity index (χ3n) is 2.21. The molecule has 0 atom stereocenters. The molecule has 4 heteroatoms. The van der Waals surface area contributed by atoms with Gasteiger partial charge in [-0.2, -0.15) is 0 Å². The van der Waals surface area contributed by atoms with Crippen LogP contribution in [-0.2, 0) is 6.42 Å². The Hall–Kier alpha value is -1.45. The van der Waals surface area contributed by atoms with Gasteiger partial charge in [0.25, 0.3) is 0 Å². The zero-order chi connectivity index (χ0) is 11.1. The molecule has 0 bridgehead atoms. The highest BCUT2D eigenvalue weighted by Crippen LogP contribution is 2.04. The van der Waals surface area contributed by atoms with E-state index in [2.05, 4.69) is 16.9 Å². The fraction of sp³-hybridized carbons (Fsp3) is 0.545. The molecule has 0 aliphatic rings. The topological polar surface area (TPSA) is 63.1 Å². The van der Waals surface area contributed by atoms with Crippen molar-refractivity contribution in [3.8, 4) is 0 Å². The number of carboxylic acids is 1. The molecule has 0 saturated heterocycles. The van der Waals surface area contributed by atoms with E-state index in [4.69, 9.17) is 5.11 Å². The van der Waals surface area contributed by atoms with E-state index >= 15 is 0 Å². The normalized spacial score (nSPS) is 10.2. The number of aromatic nitrogens is 2. The second-order valence-electron chi connectivity index (χ2n) is 3.50. The van der Waals surface area contributed by atoms with Crippen LogP contribution in [0.1, 0.15) is 48.8 Å². The molecule has 15 heavy (non-hydrogen) atoms. The number of nitrogens with zero attached hydrogens (tertiary/aromatic N) is 2. The first-order chi connectivity index (χ1) is 7.24. The number of aromatic carboxylic acids is 1. The minimum atomic E-state index is -0.979. The fourth-order valence-corrected chi connectivity index (χ4v) is 1.30. The summed E-state index contributed by atoms with van der Waals surface area (Å²) in [5.74, 6) is -0.247. The Morgan fingerprint density at radius 1 is 1.27 bits per heavy atom. The molecule has 82 valence electrons. The van der Waals surface area contributed by atoms with Gasteiger partial charge in [-0.3, -0.25) is 0 Å². The maximum atomic E-state index is 10.5. The van der Waals surface area contributed by atoms with Gasteiger partial charge in [0.2, 0.25) is 0 Å². The molecule has 0 fully saturated rings. The number of rotatable bonds is 6. The Morgan fingerprint density at radius 3 is 2.47 bits per heavy atom. The highest BCUT2D eigenvalue weighted by molar-refractivity contribution is 5.86. The Kier molecular flexibility index (Phi) is 4.74. The summed E-state index contributed by atoms with van der Waals surface area (Å²) in [6.07, 6.45) is 8.25. The standard InChI is InChI=1S/C11H16N2O2/c1-2-3-4-5-6-10-12-7-9(8-13-10)11(14)15/h7-8H,2-6H2,1H3,(H,14,15). The van der Waals surface area contributed by atoms with Crippen LogP contribution in [0.5, 0.6) is 0 Å². The van der Waals surface area contributed by atoms with E-state index in [0.29, 0.717) is 0 Å². The average Bonchev–Trinajstić information content (AvgIpc) is 2.25. The second kappa shape index (κ2) is 6.11. The molecule has 1 rings (SSSR count). The van der Waals surface area contributed by atoms with Gasteiger partial charge in [-0.15, -0.1) is 0 Å². The molecule has 0 aromatic carbocycles. The lowest BCUT2D eigenvalue weighted by atomic mass is 10.1. The molecule has 0 saturated carbocycles. The summed E-state index contributed by atoms with van der Waals surface area (Å²) < 4.78 is 0. The molecular weight excluding hydrogens is 192 g/mol. The van der Waals surface area contributed by atoms with E-state index in [1.807, 2.05) is 0 Å². The summed E-state index contributed by atoms with van der Waals surface area (Å²) in [5.41, 5.74) is 0.146. The van der Waals surface area contributed by atoms with Gasteiger partial charge in [0.05, 0.1) is 5.56 Å². The summed E-state index contributed by atoms with van der Waals surface area (Å²) in [6, 6.07) is 0. The van der Waals surface area contributed by atoms with Gasteiger partial charge >= 0.3 is 5.97 Å². The van der Waals surface area contributed by atoms with Crippen molar-refractivity contribution in [1.29, 1.82) is 0 Å². The quantitative estimate of drug-likeness (QED) is 0.728. The second-order valence-corrected chi connectivity index (χ2v) is 3.50. The molecule has 1 aromatic heterocycles. The van der Waals surface area contributed by atoms with Crippen molar-refractivity contribution in [3.63, 3.8) is 0 Å². The Labute approximate surface area is 89.4 Å². The molecule has 0 aliphatic heterocycles. The molecular formula is C11H16N2O2. The highest BCUT2D eigenvalue weighted by atomic mass is 16.4. The van der Waals surface area contributed by atoms with Crippen LogP contribution in [0.4, 0.5) is 0 Å². The van der Waals surface area contributed by atoms with Crippen LogP contribution < -0.4 is 0 Å². The van der Waals surface area contributed by atoms with Crippen molar-refractivity contribution in [2.75, 3.05) is 0 Å². The Morgan fingerprint density at radius 2 is 1.93 bits per heavy atom. The zero-order valence-corrected chi connectivity index (χ0v) is 8.94. The van der Waals surface area contributed by atoms with E-state index in [9.17, 15) is 4.79 Å². The Bertz CT molecular complexity index is 309. The number of carbonyl (C=O) groups is 1. The van der Waals surface area contributed by atoms with Crippen LogP contribution in [0.2, 0.25) is 0 Å². The number of unbranched alkanes of at least 4 members (excludes halogenated alkanes) is 3. The predicted molar refractivity (Wildman–Crippen MR) is 56.8 cm³/mol. The first-order valence-corrected chi connectivity index (χ1v) is 5.28. The summed E-state index contributed by atoms with van der Waals surface area (Å²) >= 11 is 0. The molecule has 0 radical (unpaired) electrons. The smallest absolute Gasteiger partial charge is 0.338 e. The predicted octanol–water partition coefficient (Wildman–Crippen LogP) is 2.30. The monoisotopic (exact) mass is 208 g/mol. The molecule has 1 N–H and O–H groups in total. The molecule has 1 aromatic rings. The van der Waals surface area contributed by atoms with Crippen molar-refractivity contribution in [2.45, 2.75) is 39.0 Å². The lowest BCUT2D eigenvalue weighted by Crippen LogP contribution is -2.01. The summed E-state index contributed by atoms with van der Waals surface area (Å²) in [5, 5.41) is 8.64. The van der Waals surface area contributed by atoms with Crippen molar-refractivity contribution < 1.29 is 9.90 Å². The van der Waals surface area contributed by atoms with Crippen LogP contribution in [0.3, 0.4) is 0 Å². The molecule has 0 amide bonds. The van der Waals surface area contributed by atoms with Crippen molar-refractivity contribution in [3.05, 3.63) is 23.8 Å². The largest absolute Gasteiger partial charge is 0.478 e. The van der Waals surface area contributed by atoms with E-state index in [1.54, 1.807) is 0 Å². The first-order valence-electron chi connectivity index (χ1n) is 5.28. The molecule has 1 heterocycles. The lowest BCUT2D eigenvalue weighted by molar-refractivity contribution is 0.0696. The van der Waals surface area contributed by atoms with Crippen molar-refractivity contribution in [2.24, 2.45) is 0 Å². The van der Waals surface area contributed by atoms with Gasteiger partial charge in [-0.1, -0.05) is 26.2 Å². The van der Waals surface area contributed by atoms with Gasteiger partial charge in [0, 0.05) is 18.8 Å². The summed E-state index contributed by atoms with van der Waals surface area (Å²) in [6.45, 7) is 2.16. The Balaban J connectivity index is 2.39. The van der Waals surface area contributed by atoms with E-state index in [1.165, 1.54) is 31.7 Å². The van der Waals surface area contributed by atoms with Crippen molar-refractivity contribution in [1.82, 2.24) is 9.97 Å². The maximum Gasteiger partial charge on any atom is 0.338 e. The van der Waals surface area contributed by atoms with E-state index in [-0.39, 0.29) is 5.56 Å². The minimum Gasteiger partial charge on any atom is -0.478 e. The van der Waals surface area contributed by atoms with Crippen LogP contribution in [0.25, 0.3) is 0 Å². The van der Waals surface area contributed by atoms with Crippen LogP contribution in [-0.4, -0.2) is 21.0 Å². The first kappa shape index (κ1) is 11.6. The SMILES string of the molecule is CCCCCCc1ncc(C(=O)O)cn1. The fourth-order valence-electron chi connectivity index (χ4n) is 1.30. The number of aryl methyl sites for hydroxylation is 1. The summed E-state index contributed by atoms with van der Waals surface area (Å²) in [7, 11) is 0. The molecule has 0 aliphatic carbocycles.